The fourth-order valence-corrected chi connectivity index (χ4v) is 4.91. The number of urea groups is 1. The van der Waals surface area contributed by atoms with Crippen LogP contribution in [0.4, 0.5) is 14.9 Å². The molecular weight excluding hydrogens is 389 g/mol. The van der Waals surface area contributed by atoms with E-state index in [4.69, 9.17) is 4.74 Å². The molecule has 8 nitrogen and oxygen atoms in total. The Hall–Kier alpha value is -2.52. The lowest BCUT2D eigenvalue weighted by atomic mass is 9.83. The Morgan fingerprint density at radius 1 is 1.33 bits per heavy atom. The number of imide groups is 1. The molecule has 3 saturated heterocycles. The van der Waals surface area contributed by atoms with Gasteiger partial charge in [0.1, 0.15) is 5.67 Å². The number of anilines is 1. The molecule has 0 radical (unpaired) electrons. The molecule has 0 saturated carbocycles. The number of piperidine rings is 1. The average molecular weight is 415 g/mol. The second kappa shape index (κ2) is 7.31. The number of amides is 3. The third kappa shape index (κ3) is 3.45. The maximum atomic E-state index is 15.8. The van der Waals surface area contributed by atoms with Gasteiger partial charge in [0.15, 0.2) is 0 Å². The minimum Gasteiger partial charge on any atom is -0.378 e. The van der Waals surface area contributed by atoms with Gasteiger partial charge >= 0.3 is 6.03 Å². The molecule has 9 heteroatoms. The largest absolute Gasteiger partial charge is 0.378 e. The maximum absolute atomic E-state index is 15.8. The molecule has 3 aliphatic heterocycles. The van der Waals surface area contributed by atoms with Crippen molar-refractivity contribution in [1.82, 2.24) is 19.8 Å². The van der Waals surface area contributed by atoms with Gasteiger partial charge in [-0.05, 0) is 37.5 Å². The van der Waals surface area contributed by atoms with Gasteiger partial charge in [-0.2, -0.15) is 5.10 Å². The highest BCUT2D eigenvalue weighted by Crippen LogP contribution is 2.36. The van der Waals surface area contributed by atoms with Crippen molar-refractivity contribution >= 4 is 23.1 Å². The minimum absolute atomic E-state index is 0.182. The maximum Gasteiger partial charge on any atom is 0.328 e. The SMILES string of the molecule is C[C@H]1CC(F)(Cc2ccn3ncc(N4CCC(=O)NC4=O)c3c2)CCN1C1COC1. The number of carbonyl (C=O) groups is 2. The summed E-state index contributed by atoms with van der Waals surface area (Å²) < 4.78 is 22.7. The quantitative estimate of drug-likeness (QED) is 0.825. The number of alkyl halides is 1. The molecule has 30 heavy (non-hydrogen) atoms. The van der Waals surface area contributed by atoms with Gasteiger partial charge in [0, 0.05) is 38.2 Å². The molecule has 5 rings (SSSR count). The van der Waals surface area contributed by atoms with Crippen molar-refractivity contribution in [3.8, 4) is 0 Å². The molecule has 2 aromatic heterocycles. The van der Waals surface area contributed by atoms with E-state index >= 15 is 4.39 Å². The molecule has 0 aliphatic carbocycles. The van der Waals surface area contributed by atoms with Crippen molar-refractivity contribution in [2.75, 3.05) is 31.2 Å². The third-order valence-electron chi connectivity index (χ3n) is 6.57. The number of halogens is 1. The fraction of sp³-hybridized carbons (Fsp3) is 0.571. The summed E-state index contributed by atoms with van der Waals surface area (Å²) in [6, 6.07) is 3.96. The standard InChI is InChI=1S/C21H26FN5O3/c1-14-9-21(22,4-7-25(14)16-12-30-13-16)10-15-2-6-27-17(8-15)18(11-23-27)26-5-3-19(28)24-20(26)29/h2,6,8,11,14,16H,3-5,7,9-10,12-13H2,1H3,(H,24,28,29)/t14-,21?/m0/s1. The topological polar surface area (TPSA) is 79.2 Å². The molecule has 1 N–H and O–H groups in total. The lowest BCUT2D eigenvalue weighted by molar-refractivity contribution is -0.120. The van der Waals surface area contributed by atoms with E-state index in [0.29, 0.717) is 37.5 Å². The number of pyridine rings is 1. The van der Waals surface area contributed by atoms with Gasteiger partial charge in [0.25, 0.3) is 0 Å². The van der Waals surface area contributed by atoms with E-state index in [1.165, 1.54) is 4.90 Å². The molecule has 0 aromatic carbocycles. The smallest absolute Gasteiger partial charge is 0.328 e. The summed E-state index contributed by atoms with van der Waals surface area (Å²) in [5.41, 5.74) is 0.988. The van der Waals surface area contributed by atoms with Crippen LogP contribution in [0.5, 0.6) is 0 Å². The van der Waals surface area contributed by atoms with E-state index in [0.717, 1.165) is 30.8 Å². The average Bonchev–Trinajstić information content (AvgIpc) is 3.05. The van der Waals surface area contributed by atoms with Gasteiger partial charge in [-0.3, -0.25) is 19.9 Å². The van der Waals surface area contributed by atoms with Crippen molar-refractivity contribution in [2.24, 2.45) is 0 Å². The van der Waals surface area contributed by atoms with Gasteiger partial charge < -0.3 is 4.74 Å². The van der Waals surface area contributed by atoms with E-state index < -0.39 is 11.7 Å². The Morgan fingerprint density at radius 2 is 2.17 bits per heavy atom. The van der Waals surface area contributed by atoms with Gasteiger partial charge in [0.05, 0.1) is 36.7 Å². The van der Waals surface area contributed by atoms with Crippen LogP contribution < -0.4 is 10.2 Å². The van der Waals surface area contributed by atoms with Crippen LogP contribution in [0.2, 0.25) is 0 Å². The van der Waals surface area contributed by atoms with Crippen LogP contribution in [0.3, 0.4) is 0 Å². The summed E-state index contributed by atoms with van der Waals surface area (Å²) in [6.07, 6.45) is 4.99. The molecule has 0 bridgehead atoms. The highest BCUT2D eigenvalue weighted by atomic mass is 19.1. The number of aromatic nitrogens is 2. The predicted molar refractivity (Wildman–Crippen MR) is 108 cm³/mol. The number of likely N-dealkylation sites (tertiary alicyclic amines) is 1. The van der Waals surface area contributed by atoms with Crippen molar-refractivity contribution in [2.45, 2.75) is 50.4 Å². The van der Waals surface area contributed by atoms with E-state index in [1.807, 2.05) is 12.1 Å². The molecule has 5 heterocycles. The zero-order valence-corrected chi connectivity index (χ0v) is 17.0. The number of fused-ring (bicyclic) bond motifs is 1. The molecular formula is C21H26FN5O3. The van der Waals surface area contributed by atoms with Gasteiger partial charge in [0.2, 0.25) is 5.91 Å². The number of nitrogens with zero attached hydrogens (tertiary/aromatic N) is 4. The number of hydrogen-bond acceptors (Lipinski definition) is 5. The third-order valence-corrected chi connectivity index (χ3v) is 6.57. The molecule has 3 amide bonds. The van der Waals surface area contributed by atoms with Gasteiger partial charge in [-0.25, -0.2) is 13.7 Å². The van der Waals surface area contributed by atoms with Crippen LogP contribution in [0, 0.1) is 0 Å². The van der Waals surface area contributed by atoms with Crippen LogP contribution >= 0.6 is 0 Å². The van der Waals surface area contributed by atoms with Crippen LogP contribution in [0.15, 0.2) is 24.5 Å². The van der Waals surface area contributed by atoms with Crippen LogP contribution in [-0.4, -0.2) is 70.5 Å². The van der Waals surface area contributed by atoms with Crippen molar-refractivity contribution in [3.63, 3.8) is 0 Å². The Kier molecular flexibility index (Phi) is 4.74. The molecule has 0 spiro atoms. The van der Waals surface area contributed by atoms with Crippen molar-refractivity contribution < 1.29 is 18.7 Å². The van der Waals surface area contributed by atoms with Crippen molar-refractivity contribution in [3.05, 3.63) is 30.1 Å². The summed E-state index contributed by atoms with van der Waals surface area (Å²) in [6.45, 7) is 4.65. The summed E-state index contributed by atoms with van der Waals surface area (Å²) in [5, 5.41) is 6.64. The molecule has 2 atom stereocenters. The first kappa shape index (κ1) is 19.4. The zero-order chi connectivity index (χ0) is 20.9. The second-order valence-electron chi connectivity index (χ2n) is 8.71. The number of carbonyl (C=O) groups excluding carboxylic acids is 2. The summed E-state index contributed by atoms with van der Waals surface area (Å²) in [5.74, 6) is -0.276. The molecule has 160 valence electrons. The number of nitrogens with one attached hydrogen (secondary N) is 1. The van der Waals surface area contributed by atoms with Gasteiger partial charge in [-0.1, -0.05) is 0 Å². The highest BCUT2D eigenvalue weighted by molar-refractivity contribution is 6.07. The first-order valence-corrected chi connectivity index (χ1v) is 10.5. The lowest BCUT2D eigenvalue weighted by Gasteiger charge is -2.47. The zero-order valence-electron chi connectivity index (χ0n) is 17.0. The van der Waals surface area contributed by atoms with Gasteiger partial charge in [-0.15, -0.1) is 0 Å². The lowest BCUT2D eigenvalue weighted by Crippen LogP contribution is -2.58. The Balaban J connectivity index is 1.35. The van der Waals surface area contributed by atoms with E-state index in [1.54, 1.807) is 16.9 Å². The number of ether oxygens (including phenoxy) is 1. The van der Waals surface area contributed by atoms with E-state index in [9.17, 15) is 9.59 Å². The van der Waals surface area contributed by atoms with Crippen molar-refractivity contribution in [1.29, 1.82) is 0 Å². The molecule has 2 aromatic rings. The van der Waals surface area contributed by atoms with Crippen LogP contribution in [0.25, 0.3) is 5.52 Å². The monoisotopic (exact) mass is 415 g/mol. The Bertz CT molecular complexity index is 990. The van der Waals surface area contributed by atoms with E-state index in [2.05, 4.69) is 22.2 Å². The Morgan fingerprint density at radius 3 is 2.87 bits per heavy atom. The predicted octanol–water partition coefficient (Wildman–Crippen LogP) is 1.91. The van der Waals surface area contributed by atoms with Crippen LogP contribution in [0.1, 0.15) is 31.7 Å². The molecule has 3 aliphatic rings. The fourth-order valence-electron chi connectivity index (χ4n) is 4.91. The summed E-state index contributed by atoms with van der Waals surface area (Å²) >= 11 is 0. The normalized spacial score (nSPS) is 28.6. The Labute approximate surface area is 174 Å². The number of hydrogen-bond donors (Lipinski definition) is 1. The van der Waals surface area contributed by atoms with E-state index in [-0.39, 0.29) is 18.4 Å². The number of rotatable bonds is 4. The minimum atomic E-state index is -1.26. The first-order valence-electron chi connectivity index (χ1n) is 10.5. The highest BCUT2D eigenvalue weighted by Gasteiger charge is 2.42. The first-order chi connectivity index (χ1) is 14.4. The second-order valence-corrected chi connectivity index (χ2v) is 8.71. The summed E-state index contributed by atoms with van der Waals surface area (Å²) in [7, 11) is 0. The summed E-state index contributed by atoms with van der Waals surface area (Å²) in [4.78, 5) is 27.6. The molecule has 1 unspecified atom stereocenters. The molecule has 3 fully saturated rings. The van der Waals surface area contributed by atoms with Crippen LogP contribution in [-0.2, 0) is 16.0 Å².